The van der Waals surface area contributed by atoms with E-state index in [-0.39, 0.29) is 0 Å². The van der Waals surface area contributed by atoms with Crippen LogP contribution in [-0.4, -0.2) is 24.4 Å². The molecule has 5 nitrogen and oxygen atoms in total. The second-order valence-corrected chi connectivity index (χ2v) is 7.30. The smallest absolute Gasteiger partial charge is 0.399 e. The molecule has 1 aliphatic rings. The van der Waals surface area contributed by atoms with Crippen molar-refractivity contribution in [3.05, 3.63) is 54.3 Å². The lowest BCUT2D eigenvalue weighted by molar-refractivity contribution is 0.00578. The van der Waals surface area contributed by atoms with Gasteiger partial charge in [-0.2, -0.15) is 0 Å². The van der Waals surface area contributed by atoms with Gasteiger partial charge in [0.2, 0.25) is 0 Å². The molecule has 0 bridgehead atoms. The van der Waals surface area contributed by atoms with Crippen molar-refractivity contribution >= 4 is 30.0 Å². The molecule has 0 aliphatic carbocycles. The summed E-state index contributed by atoms with van der Waals surface area (Å²) in [6.07, 6.45) is 0. The predicted octanol–water partition coefficient (Wildman–Crippen LogP) is 3.77. The Labute approximate surface area is 153 Å². The van der Waals surface area contributed by atoms with Crippen LogP contribution in [0, 0.1) is 5.82 Å². The highest BCUT2D eigenvalue weighted by molar-refractivity contribution is 6.62. The van der Waals surface area contributed by atoms with Crippen LogP contribution in [0.25, 0.3) is 0 Å². The quantitative estimate of drug-likeness (QED) is 0.823. The number of urea groups is 1. The van der Waals surface area contributed by atoms with Gasteiger partial charge in [0.1, 0.15) is 5.82 Å². The van der Waals surface area contributed by atoms with E-state index in [1.54, 1.807) is 18.2 Å². The van der Waals surface area contributed by atoms with Gasteiger partial charge >= 0.3 is 13.1 Å². The first-order chi connectivity index (χ1) is 12.2. The fraction of sp³-hybridized carbons (Fsp3) is 0.316. The molecule has 2 aromatic rings. The summed E-state index contributed by atoms with van der Waals surface area (Å²) in [4.78, 5) is 12.1. The maximum atomic E-state index is 13.2. The topological polar surface area (TPSA) is 59.6 Å². The van der Waals surface area contributed by atoms with E-state index in [0.29, 0.717) is 11.4 Å². The van der Waals surface area contributed by atoms with Crippen molar-refractivity contribution < 1.29 is 18.5 Å². The lowest BCUT2D eigenvalue weighted by Gasteiger charge is -2.32. The Kier molecular flexibility index (Phi) is 4.77. The highest BCUT2D eigenvalue weighted by atomic mass is 19.1. The number of rotatable bonds is 3. The van der Waals surface area contributed by atoms with Crippen LogP contribution in [0.15, 0.2) is 48.5 Å². The van der Waals surface area contributed by atoms with Gasteiger partial charge in [0.15, 0.2) is 0 Å². The number of nitrogens with one attached hydrogen (secondary N) is 2. The van der Waals surface area contributed by atoms with E-state index < -0.39 is 30.2 Å². The van der Waals surface area contributed by atoms with Crippen LogP contribution >= 0.6 is 0 Å². The molecule has 7 heteroatoms. The molecular formula is C19H22BFN2O3. The number of halogens is 1. The average molecular weight is 356 g/mol. The van der Waals surface area contributed by atoms with Crippen LogP contribution in [0.3, 0.4) is 0 Å². The fourth-order valence-electron chi connectivity index (χ4n) is 2.60. The van der Waals surface area contributed by atoms with Crippen LogP contribution in [0.4, 0.5) is 20.6 Å². The molecule has 1 aliphatic heterocycles. The predicted molar refractivity (Wildman–Crippen MR) is 101 cm³/mol. The Morgan fingerprint density at radius 3 is 2.04 bits per heavy atom. The fourth-order valence-corrected chi connectivity index (χ4v) is 2.60. The number of carbonyl (C=O) groups is 1. The number of hydrogen-bond acceptors (Lipinski definition) is 3. The highest BCUT2D eigenvalue weighted by Crippen LogP contribution is 2.36. The number of benzene rings is 2. The molecule has 0 radical (unpaired) electrons. The van der Waals surface area contributed by atoms with Crippen LogP contribution in [-0.2, 0) is 9.31 Å². The Bertz CT molecular complexity index is 810. The summed E-state index contributed by atoms with van der Waals surface area (Å²) in [7, 11) is -0.506. The van der Waals surface area contributed by atoms with Crippen molar-refractivity contribution in [3.63, 3.8) is 0 Å². The number of anilines is 2. The van der Waals surface area contributed by atoms with Crippen LogP contribution in [0.5, 0.6) is 0 Å². The third-order valence-electron chi connectivity index (χ3n) is 4.75. The molecule has 0 atom stereocenters. The summed E-state index contributed by atoms with van der Waals surface area (Å²) in [6, 6.07) is 12.5. The summed E-state index contributed by atoms with van der Waals surface area (Å²) in [5, 5.41) is 5.33. The number of carbonyl (C=O) groups excluding carboxylic acids is 1. The van der Waals surface area contributed by atoms with E-state index >= 15 is 0 Å². The number of amides is 2. The molecule has 2 aromatic carbocycles. The zero-order chi connectivity index (χ0) is 18.9. The molecular weight excluding hydrogens is 334 g/mol. The van der Waals surface area contributed by atoms with E-state index in [0.717, 1.165) is 5.46 Å². The SMILES string of the molecule is CC1(C)OB(c2cccc(NC(=O)Nc3cccc(F)c3)c2)OC1(C)C. The summed E-state index contributed by atoms with van der Waals surface area (Å²) in [6.45, 7) is 7.95. The minimum absolute atomic E-state index is 0.379. The summed E-state index contributed by atoms with van der Waals surface area (Å²) in [5.41, 5.74) is 0.911. The van der Waals surface area contributed by atoms with Crippen LogP contribution in [0.2, 0.25) is 0 Å². The molecule has 2 amide bonds. The third-order valence-corrected chi connectivity index (χ3v) is 4.75. The van der Waals surface area contributed by atoms with Crippen molar-refractivity contribution in [2.45, 2.75) is 38.9 Å². The van der Waals surface area contributed by atoms with Crippen molar-refractivity contribution in [3.8, 4) is 0 Å². The molecule has 0 unspecified atom stereocenters. The molecule has 26 heavy (non-hydrogen) atoms. The van der Waals surface area contributed by atoms with Gasteiger partial charge in [-0.15, -0.1) is 0 Å². The monoisotopic (exact) mass is 356 g/mol. The lowest BCUT2D eigenvalue weighted by atomic mass is 9.79. The Morgan fingerprint density at radius 2 is 1.46 bits per heavy atom. The second-order valence-electron chi connectivity index (χ2n) is 7.30. The lowest BCUT2D eigenvalue weighted by Crippen LogP contribution is -2.41. The largest absolute Gasteiger partial charge is 0.494 e. The van der Waals surface area contributed by atoms with Gasteiger partial charge in [-0.25, -0.2) is 9.18 Å². The summed E-state index contributed by atoms with van der Waals surface area (Å²) >= 11 is 0. The minimum Gasteiger partial charge on any atom is -0.399 e. The first kappa shape index (κ1) is 18.4. The van der Waals surface area contributed by atoms with Gasteiger partial charge in [0, 0.05) is 11.4 Å². The van der Waals surface area contributed by atoms with Gasteiger partial charge in [-0.05, 0) is 63.5 Å². The first-order valence-corrected chi connectivity index (χ1v) is 8.45. The van der Waals surface area contributed by atoms with E-state index in [4.69, 9.17) is 9.31 Å². The van der Waals surface area contributed by atoms with Crippen LogP contribution < -0.4 is 16.1 Å². The highest BCUT2D eigenvalue weighted by Gasteiger charge is 2.51. The van der Waals surface area contributed by atoms with Gasteiger partial charge in [0.05, 0.1) is 11.2 Å². The second kappa shape index (κ2) is 6.74. The van der Waals surface area contributed by atoms with E-state index in [1.807, 2.05) is 39.8 Å². The van der Waals surface area contributed by atoms with Gasteiger partial charge in [0.25, 0.3) is 0 Å². The Hall–Kier alpha value is -2.38. The zero-order valence-electron chi connectivity index (χ0n) is 15.3. The molecule has 0 saturated carbocycles. The van der Waals surface area contributed by atoms with Crippen molar-refractivity contribution in [1.82, 2.24) is 0 Å². The molecule has 0 spiro atoms. The van der Waals surface area contributed by atoms with Crippen molar-refractivity contribution in [2.24, 2.45) is 0 Å². The molecule has 0 aromatic heterocycles. The van der Waals surface area contributed by atoms with Crippen molar-refractivity contribution in [2.75, 3.05) is 10.6 Å². The normalized spacial score (nSPS) is 17.8. The molecule has 1 saturated heterocycles. The van der Waals surface area contributed by atoms with Gasteiger partial charge in [-0.1, -0.05) is 18.2 Å². The van der Waals surface area contributed by atoms with E-state index in [1.165, 1.54) is 18.2 Å². The summed E-state index contributed by atoms with van der Waals surface area (Å²) in [5.74, 6) is -0.412. The minimum atomic E-state index is -0.506. The zero-order valence-corrected chi connectivity index (χ0v) is 15.3. The average Bonchev–Trinajstić information content (AvgIpc) is 2.75. The molecule has 1 fully saturated rings. The van der Waals surface area contributed by atoms with Gasteiger partial charge < -0.3 is 19.9 Å². The standard InChI is InChI=1S/C19H22BFN2O3/c1-18(2)19(3,4)26-20(25-18)13-7-5-9-15(11-13)22-17(24)23-16-10-6-8-14(21)12-16/h5-12H,1-4H3,(H2,22,23,24). The van der Waals surface area contributed by atoms with Crippen molar-refractivity contribution in [1.29, 1.82) is 0 Å². The maximum Gasteiger partial charge on any atom is 0.494 e. The first-order valence-electron chi connectivity index (χ1n) is 8.45. The summed E-state index contributed by atoms with van der Waals surface area (Å²) < 4.78 is 25.2. The van der Waals surface area contributed by atoms with Gasteiger partial charge in [-0.3, -0.25) is 0 Å². The third kappa shape index (κ3) is 3.89. The number of hydrogen-bond donors (Lipinski definition) is 2. The van der Waals surface area contributed by atoms with E-state index in [2.05, 4.69) is 10.6 Å². The Morgan fingerprint density at radius 1 is 0.923 bits per heavy atom. The molecule has 1 heterocycles. The van der Waals surface area contributed by atoms with E-state index in [9.17, 15) is 9.18 Å². The van der Waals surface area contributed by atoms with Crippen LogP contribution in [0.1, 0.15) is 27.7 Å². The Balaban J connectivity index is 1.69. The maximum absolute atomic E-state index is 13.2. The molecule has 136 valence electrons. The molecule has 3 rings (SSSR count). The molecule has 2 N–H and O–H groups in total.